The summed E-state index contributed by atoms with van der Waals surface area (Å²) in [5.41, 5.74) is 0. The zero-order valence-electron chi connectivity index (χ0n) is 6.37. The third-order valence-electron chi connectivity index (χ3n) is 1.66. The van der Waals surface area contributed by atoms with Gasteiger partial charge in [0, 0.05) is 7.05 Å². The SMILES string of the molecule is C[C@H](O)[C@@H]1NC(=S)N(C)C1=O. The van der Waals surface area contributed by atoms with Gasteiger partial charge in [0.05, 0.1) is 6.10 Å². The van der Waals surface area contributed by atoms with Gasteiger partial charge >= 0.3 is 0 Å². The van der Waals surface area contributed by atoms with E-state index in [2.05, 4.69) is 5.32 Å². The van der Waals surface area contributed by atoms with Gasteiger partial charge in [0.15, 0.2) is 5.11 Å². The number of nitrogens with one attached hydrogen (secondary N) is 1. The predicted molar refractivity (Wildman–Crippen MR) is 44.0 cm³/mol. The van der Waals surface area contributed by atoms with Crippen LogP contribution in [-0.2, 0) is 4.79 Å². The number of amides is 1. The molecule has 0 aromatic rings. The fourth-order valence-corrected chi connectivity index (χ4v) is 1.14. The molecule has 4 nitrogen and oxygen atoms in total. The zero-order valence-corrected chi connectivity index (χ0v) is 7.18. The summed E-state index contributed by atoms with van der Waals surface area (Å²) in [4.78, 5) is 12.5. The lowest BCUT2D eigenvalue weighted by atomic mass is 10.2. The maximum absolute atomic E-state index is 11.2. The lowest BCUT2D eigenvalue weighted by Crippen LogP contribution is -2.38. The first-order valence-corrected chi connectivity index (χ1v) is 3.71. The topological polar surface area (TPSA) is 52.6 Å². The van der Waals surface area contributed by atoms with Gasteiger partial charge in [-0.05, 0) is 19.1 Å². The van der Waals surface area contributed by atoms with Crippen LogP contribution in [0.1, 0.15) is 6.92 Å². The maximum atomic E-state index is 11.2. The van der Waals surface area contributed by atoms with Crippen LogP contribution in [0.15, 0.2) is 0 Å². The molecule has 2 N–H and O–H groups in total. The molecule has 0 aromatic carbocycles. The van der Waals surface area contributed by atoms with E-state index in [9.17, 15) is 4.79 Å². The number of nitrogens with zero attached hydrogens (tertiary/aromatic N) is 1. The summed E-state index contributed by atoms with van der Waals surface area (Å²) in [6.45, 7) is 1.55. The van der Waals surface area contributed by atoms with Crippen LogP contribution < -0.4 is 5.32 Å². The highest BCUT2D eigenvalue weighted by atomic mass is 32.1. The molecule has 1 saturated heterocycles. The molecule has 1 fully saturated rings. The lowest BCUT2D eigenvalue weighted by molar-refractivity contribution is -0.128. The van der Waals surface area contributed by atoms with E-state index in [1.165, 1.54) is 4.90 Å². The van der Waals surface area contributed by atoms with Crippen molar-refractivity contribution in [1.29, 1.82) is 0 Å². The molecule has 5 heteroatoms. The van der Waals surface area contributed by atoms with Crippen LogP contribution >= 0.6 is 12.2 Å². The fraction of sp³-hybridized carbons (Fsp3) is 0.667. The molecule has 0 radical (unpaired) electrons. The highest BCUT2D eigenvalue weighted by Crippen LogP contribution is 2.06. The molecular formula is C6H10N2O2S. The second-order valence-corrected chi connectivity index (χ2v) is 2.95. The molecule has 0 spiro atoms. The summed E-state index contributed by atoms with van der Waals surface area (Å²) in [5.74, 6) is -0.176. The number of hydrogen-bond acceptors (Lipinski definition) is 3. The van der Waals surface area contributed by atoms with Gasteiger partial charge < -0.3 is 10.4 Å². The van der Waals surface area contributed by atoms with Crippen LogP contribution in [0.2, 0.25) is 0 Å². The van der Waals surface area contributed by atoms with Crippen molar-refractivity contribution in [1.82, 2.24) is 10.2 Å². The lowest BCUT2D eigenvalue weighted by Gasteiger charge is -2.10. The van der Waals surface area contributed by atoms with E-state index in [0.717, 1.165) is 0 Å². The Morgan fingerprint density at radius 1 is 1.82 bits per heavy atom. The Morgan fingerprint density at radius 2 is 2.36 bits per heavy atom. The summed E-state index contributed by atoms with van der Waals surface area (Å²) in [5, 5.41) is 12.2. The van der Waals surface area contributed by atoms with E-state index in [4.69, 9.17) is 17.3 Å². The Hall–Kier alpha value is -0.680. The molecule has 1 heterocycles. The van der Waals surface area contributed by atoms with Crippen molar-refractivity contribution in [3.8, 4) is 0 Å². The molecule has 1 amide bonds. The summed E-state index contributed by atoms with van der Waals surface area (Å²) in [7, 11) is 1.58. The zero-order chi connectivity index (χ0) is 8.59. The smallest absolute Gasteiger partial charge is 0.253 e. The van der Waals surface area contributed by atoms with E-state index in [1.54, 1.807) is 14.0 Å². The van der Waals surface area contributed by atoms with Gasteiger partial charge in [-0.25, -0.2) is 0 Å². The first-order chi connectivity index (χ1) is 5.04. The normalized spacial score (nSPS) is 27.2. The van der Waals surface area contributed by atoms with Crippen LogP contribution in [0.3, 0.4) is 0 Å². The second kappa shape index (κ2) is 2.75. The van der Waals surface area contributed by atoms with Crippen molar-refractivity contribution in [2.45, 2.75) is 19.1 Å². The number of likely N-dealkylation sites (N-methyl/N-ethyl adjacent to an activating group) is 1. The van der Waals surface area contributed by atoms with Crippen molar-refractivity contribution >= 4 is 23.2 Å². The maximum Gasteiger partial charge on any atom is 0.253 e. The van der Waals surface area contributed by atoms with Gasteiger partial charge in [-0.1, -0.05) is 0 Å². The molecule has 11 heavy (non-hydrogen) atoms. The fourth-order valence-electron chi connectivity index (χ4n) is 0.927. The highest BCUT2D eigenvalue weighted by Gasteiger charge is 2.35. The number of carbonyl (C=O) groups excluding carboxylic acids is 1. The first-order valence-electron chi connectivity index (χ1n) is 3.30. The van der Waals surface area contributed by atoms with Gasteiger partial charge in [-0.3, -0.25) is 9.69 Å². The standard InChI is InChI=1S/C6H10N2O2S/c1-3(9)4-5(10)8(2)6(11)7-4/h3-4,9H,1-2H3,(H,7,11)/t3-,4-/m0/s1. The number of hydrogen-bond donors (Lipinski definition) is 2. The van der Waals surface area contributed by atoms with Crippen LogP contribution in [0.25, 0.3) is 0 Å². The van der Waals surface area contributed by atoms with Gasteiger partial charge in [0.1, 0.15) is 6.04 Å². The van der Waals surface area contributed by atoms with E-state index in [1.807, 2.05) is 0 Å². The molecule has 2 atom stereocenters. The number of aliphatic hydroxyl groups is 1. The minimum absolute atomic E-state index is 0.176. The minimum atomic E-state index is -0.703. The third-order valence-corrected chi connectivity index (χ3v) is 2.05. The van der Waals surface area contributed by atoms with Crippen molar-refractivity contribution in [3.63, 3.8) is 0 Å². The first kappa shape index (κ1) is 8.42. The molecule has 0 unspecified atom stereocenters. The Labute approximate surface area is 70.2 Å². The molecule has 62 valence electrons. The quantitative estimate of drug-likeness (QED) is 0.505. The molecule has 0 aliphatic carbocycles. The molecule has 0 aromatic heterocycles. The van der Waals surface area contributed by atoms with Crippen LogP contribution in [0.4, 0.5) is 0 Å². The molecule has 1 aliphatic heterocycles. The number of carbonyl (C=O) groups is 1. The van der Waals surface area contributed by atoms with Crippen LogP contribution in [-0.4, -0.2) is 40.2 Å². The van der Waals surface area contributed by atoms with Gasteiger partial charge in [-0.2, -0.15) is 0 Å². The Balaban J connectivity index is 2.75. The summed E-state index contributed by atoms with van der Waals surface area (Å²) in [6.07, 6.45) is -0.703. The highest BCUT2D eigenvalue weighted by molar-refractivity contribution is 7.80. The van der Waals surface area contributed by atoms with Crippen molar-refractivity contribution in [2.24, 2.45) is 0 Å². The molecule has 0 saturated carbocycles. The largest absolute Gasteiger partial charge is 0.391 e. The van der Waals surface area contributed by atoms with E-state index < -0.39 is 12.1 Å². The summed E-state index contributed by atoms with van der Waals surface area (Å²) in [6, 6.07) is -0.563. The number of rotatable bonds is 1. The van der Waals surface area contributed by atoms with Crippen molar-refractivity contribution in [2.75, 3.05) is 7.05 Å². The van der Waals surface area contributed by atoms with Gasteiger partial charge in [0.25, 0.3) is 5.91 Å². The Morgan fingerprint density at radius 3 is 2.55 bits per heavy atom. The molecule has 1 rings (SSSR count). The second-order valence-electron chi connectivity index (χ2n) is 2.57. The monoisotopic (exact) mass is 174 g/mol. The Bertz CT molecular complexity index is 205. The number of thiocarbonyl (C=S) groups is 1. The number of aliphatic hydroxyl groups excluding tert-OH is 1. The van der Waals surface area contributed by atoms with E-state index >= 15 is 0 Å². The predicted octanol–water partition coefficient (Wildman–Crippen LogP) is -0.918. The van der Waals surface area contributed by atoms with E-state index in [0.29, 0.717) is 5.11 Å². The average molecular weight is 174 g/mol. The molecule has 0 bridgehead atoms. The van der Waals surface area contributed by atoms with Crippen molar-refractivity contribution in [3.05, 3.63) is 0 Å². The Kier molecular flexibility index (Phi) is 2.10. The van der Waals surface area contributed by atoms with Crippen molar-refractivity contribution < 1.29 is 9.90 Å². The minimum Gasteiger partial charge on any atom is -0.391 e. The summed E-state index contributed by atoms with van der Waals surface area (Å²) < 4.78 is 0. The molecule has 1 aliphatic rings. The van der Waals surface area contributed by atoms with E-state index in [-0.39, 0.29) is 5.91 Å². The van der Waals surface area contributed by atoms with Crippen LogP contribution in [0, 0.1) is 0 Å². The summed E-state index contributed by atoms with van der Waals surface area (Å²) >= 11 is 4.80. The van der Waals surface area contributed by atoms with Crippen LogP contribution in [0.5, 0.6) is 0 Å². The molecular weight excluding hydrogens is 164 g/mol. The third kappa shape index (κ3) is 1.34. The van der Waals surface area contributed by atoms with Gasteiger partial charge in [-0.15, -0.1) is 0 Å². The van der Waals surface area contributed by atoms with Gasteiger partial charge in [0.2, 0.25) is 0 Å². The average Bonchev–Trinajstić information content (AvgIpc) is 2.17.